The van der Waals surface area contributed by atoms with E-state index in [4.69, 9.17) is 5.73 Å². The third-order valence-electron chi connectivity index (χ3n) is 3.21. The van der Waals surface area contributed by atoms with Crippen molar-refractivity contribution in [3.8, 4) is 0 Å². The molecule has 1 heterocycles. The first-order valence-corrected chi connectivity index (χ1v) is 6.97. The van der Waals surface area contributed by atoms with Crippen LogP contribution >= 0.6 is 11.3 Å². The second kappa shape index (κ2) is 5.60. The van der Waals surface area contributed by atoms with Crippen molar-refractivity contribution < 1.29 is 4.79 Å². The molecule has 0 spiro atoms. The summed E-state index contributed by atoms with van der Waals surface area (Å²) in [5.41, 5.74) is 5.80. The van der Waals surface area contributed by atoms with Crippen molar-refractivity contribution in [3.05, 3.63) is 16.1 Å². The van der Waals surface area contributed by atoms with Crippen molar-refractivity contribution in [2.75, 3.05) is 0 Å². The predicted octanol–water partition coefficient (Wildman–Crippen LogP) is 1.45. The minimum atomic E-state index is 0.107. The zero-order valence-electron chi connectivity index (χ0n) is 10.1. The van der Waals surface area contributed by atoms with Gasteiger partial charge in [-0.15, -0.1) is 11.3 Å². The summed E-state index contributed by atoms with van der Waals surface area (Å²) >= 11 is 1.67. The van der Waals surface area contributed by atoms with Crippen molar-refractivity contribution >= 4 is 17.2 Å². The number of hydrogen-bond donors (Lipinski definition) is 2. The SMILES string of the molecule is CCc1cnc(CNC(=O)C2CCC(N)C2)s1. The van der Waals surface area contributed by atoms with Crippen molar-refractivity contribution in [1.29, 1.82) is 0 Å². The number of carbonyl (C=O) groups is 1. The molecule has 2 rings (SSSR count). The fraction of sp³-hybridized carbons (Fsp3) is 0.667. The van der Waals surface area contributed by atoms with Gasteiger partial charge in [0.1, 0.15) is 5.01 Å². The normalized spacial score (nSPS) is 23.9. The molecule has 2 atom stereocenters. The third kappa shape index (κ3) is 3.26. The first-order chi connectivity index (χ1) is 8.19. The molecule has 0 radical (unpaired) electrons. The molecule has 5 heteroatoms. The van der Waals surface area contributed by atoms with Gasteiger partial charge in [-0.3, -0.25) is 4.79 Å². The lowest BCUT2D eigenvalue weighted by Gasteiger charge is -2.09. The molecule has 4 nitrogen and oxygen atoms in total. The Morgan fingerprint density at radius 3 is 3.06 bits per heavy atom. The summed E-state index contributed by atoms with van der Waals surface area (Å²) in [5, 5.41) is 3.94. The van der Waals surface area contributed by atoms with Crippen molar-refractivity contribution in [3.63, 3.8) is 0 Å². The zero-order valence-corrected chi connectivity index (χ0v) is 10.9. The number of rotatable bonds is 4. The lowest BCUT2D eigenvalue weighted by molar-refractivity contribution is -0.125. The quantitative estimate of drug-likeness (QED) is 0.853. The highest BCUT2D eigenvalue weighted by molar-refractivity contribution is 7.11. The van der Waals surface area contributed by atoms with E-state index in [1.807, 2.05) is 6.20 Å². The van der Waals surface area contributed by atoms with Gasteiger partial charge in [-0.25, -0.2) is 4.98 Å². The number of nitrogens with two attached hydrogens (primary N) is 1. The van der Waals surface area contributed by atoms with Gasteiger partial charge >= 0.3 is 0 Å². The van der Waals surface area contributed by atoms with Gasteiger partial charge in [-0.05, 0) is 25.7 Å². The Morgan fingerprint density at radius 1 is 1.65 bits per heavy atom. The average Bonchev–Trinajstić information content (AvgIpc) is 2.94. The van der Waals surface area contributed by atoms with Crippen molar-refractivity contribution in [2.24, 2.45) is 11.7 Å². The number of aromatic nitrogens is 1. The number of amides is 1. The summed E-state index contributed by atoms with van der Waals surface area (Å²) in [4.78, 5) is 17.4. The van der Waals surface area contributed by atoms with Gasteiger partial charge in [-0.2, -0.15) is 0 Å². The maximum atomic E-state index is 11.9. The minimum absolute atomic E-state index is 0.107. The molecule has 0 aliphatic heterocycles. The van der Waals surface area contributed by atoms with Crippen LogP contribution in [0, 0.1) is 5.92 Å². The average molecular weight is 253 g/mol. The lowest BCUT2D eigenvalue weighted by atomic mass is 10.1. The highest BCUT2D eigenvalue weighted by atomic mass is 32.1. The monoisotopic (exact) mass is 253 g/mol. The standard InChI is InChI=1S/C12H19N3OS/c1-2-10-6-14-11(17-10)7-15-12(16)8-3-4-9(13)5-8/h6,8-9H,2-5,7,13H2,1H3,(H,15,16). The van der Waals surface area contributed by atoms with Gasteiger partial charge in [0.25, 0.3) is 0 Å². The first-order valence-electron chi connectivity index (χ1n) is 6.16. The van der Waals surface area contributed by atoms with Crippen LogP contribution in [-0.4, -0.2) is 16.9 Å². The van der Waals surface area contributed by atoms with E-state index in [0.29, 0.717) is 6.54 Å². The maximum Gasteiger partial charge on any atom is 0.223 e. The van der Waals surface area contributed by atoms with E-state index in [1.54, 1.807) is 11.3 Å². The summed E-state index contributed by atoms with van der Waals surface area (Å²) < 4.78 is 0. The molecular formula is C12H19N3OS. The molecule has 3 N–H and O–H groups in total. The summed E-state index contributed by atoms with van der Waals surface area (Å²) in [5.74, 6) is 0.238. The molecule has 0 saturated heterocycles. The number of nitrogens with zero attached hydrogens (tertiary/aromatic N) is 1. The number of carbonyl (C=O) groups excluding carboxylic acids is 1. The van der Waals surface area contributed by atoms with E-state index in [0.717, 1.165) is 30.7 Å². The van der Waals surface area contributed by atoms with Crippen LogP contribution in [0.2, 0.25) is 0 Å². The van der Waals surface area contributed by atoms with Gasteiger partial charge in [0.05, 0.1) is 6.54 Å². The predicted molar refractivity (Wildman–Crippen MR) is 68.7 cm³/mol. The molecule has 1 aliphatic carbocycles. The Balaban J connectivity index is 1.79. The Morgan fingerprint density at radius 2 is 2.47 bits per heavy atom. The molecule has 1 aliphatic rings. The maximum absolute atomic E-state index is 11.9. The molecule has 1 amide bonds. The molecule has 94 valence electrons. The number of aryl methyl sites for hydroxylation is 1. The Hall–Kier alpha value is -0.940. The molecule has 1 fully saturated rings. The summed E-state index contributed by atoms with van der Waals surface area (Å²) in [6, 6.07) is 0.206. The second-order valence-corrected chi connectivity index (χ2v) is 5.76. The lowest BCUT2D eigenvalue weighted by Crippen LogP contribution is -2.29. The Bertz CT molecular complexity index is 391. The fourth-order valence-corrected chi connectivity index (χ4v) is 2.96. The molecule has 0 bridgehead atoms. The third-order valence-corrected chi connectivity index (χ3v) is 4.35. The van der Waals surface area contributed by atoms with E-state index >= 15 is 0 Å². The summed E-state index contributed by atoms with van der Waals surface area (Å²) in [6.07, 6.45) is 5.60. The second-order valence-electron chi connectivity index (χ2n) is 4.56. The minimum Gasteiger partial charge on any atom is -0.349 e. The molecule has 0 aromatic carbocycles. The van der Waals surface area contributed by atoms with E-state index < -0.39 is 0 Å². The number of thiazole rings is 1. The van der Waals surface area contributed by atoms with Crippen LogP contribution < -0.4 is 11.1 Å². The van der Waals surface area contributed by atoms with Crippen LogP contribution in [0.25, 0.3) is 0 Å². The summed E-state index contributed by atoms with van der Waals surface area (Å²) in [7, 11) is 0. The van der Waals surface area contributed by atoms with Crippen LogP contribution in [0.3, 0.4) is 0 Å². The molecule has 1 saturated carbocycles. The highest BCUT2D eigenvalue weighted by Crippen LogP contribution is 2.24. The Kier molecular flexibility index (Phi) is 4.12. The highest BCUT2D eigenvalue weighted by Gasteiger charge is 2.27. The van der Waals surface area contributed by atoms with Crippen LogP contribution in [0.15, 0.2) is 6.20 Å². The number of nitrogens with one attached hydrogen (secondary N) is 1. The van der Waals surface area contributed by atoms with E-state index in [2.05, 4.69) is 17.2 Å². The van der Waals surface area contributed by atoms with Gasteiger partial charge in [0, 0.05) is 23.0 Å². The van der Waals surface area contributed by atoms with E-state index in [-0.39, 0.29) is 17.9 Å². The first kappa shape index (κ1) is 12.5. The topological polar surface area (TPSA) is 68.0 Å². The van der Waals surface area contributed by atoms with Gasteiger partial charge < -0.3 is 11.1 Å². The van der Waals surface area contributed by atoms with Gasteiger partial charge in [-0.1, -0.05) is 6.92 Å². The van der Waals surface area contributed by atoms with Crippen LogP contribution in [-0.2, 0) is 17.8 Å². The fourth-order valence-electron chi connectivity index (χ4n) is 2.15. The molecule has 2 unspecified atom stereocenters. The Labute approximate surface area is 106 Å². The number of hydrogen-bond acceptors (Lipinski definition) is 4. The molecule has 1 aromatic heterocycles. The molecular weight excluding hydrogens is 234 g/mol. The molecule has 17 heavy (non-hydrogen) atoms. The van der Waals surface area contributed by atoms with Crippen molar-refractivity contribution in [1.82, 2.24) is 10.3 Å². The van der Waals surface area contributed by atoms with Crippen molar-refractivity contribution in [2.45, 2.75) is 45.2 Å². The van der Waals surface area contributed by atoms with Gasteiger partial charge in [0.15, 0.2) is 0 Å². The summed E-state index contributed by atoms with van der Waals surface area (Å²) in [6.45, 7) is 2.66. The van der Waals surface area contributed by atoms with Crippen LogP contribution in [0.4, 0.5) is 0 Å². The van der Waals surface area contributed by atoms with Gasteiger partial charge in [0.2, 0.25) is 5.91 Å². The smallest absolute Gasteiger partial charge is 0.223 e. The molecule has 1 aromatic rings. The van der Waals surface area contributed by atoms with Crippen LogP contribution in [0.1, 0.15) is 36.1 Å². The van der Waals surface area contributed by atoms with E-state index in [1.165, 1.54) is 4.88 Å². The van der Waals surface area contributed by atoms with Crippen LogP contribution in [0.5, 0.6) is 0 Å². The largest absolute Gasteiger partial charge is 0.349 e. The zero-order chi connectivity index (χ0) is 12.3. The van der Waals surface area contributed by atoms with E-state index in [9.17, 15) is 4.79 Å².